The molecule has 0 aliphatic carbocycles. The van der Waals surface area contributed by atoms with Crippen LogP contribution < -0.4 is 14.9 Å². The molecule has 0 spiro atoms. The number of hydrogen-bond donors (Lipinski definition) is 2. The molecular weight excluding hydrogens is 378 g/mol. The molecule has 1 aliphatic rings. The summed E-state index contributed by atoms with van der Waals surface area (Å²) in [5.41, 5.74) is 1.52. The maximum absolute atomic E-state index is 12.6. The molecule has 1 fully saturated rings. The molecule has 8 heteroatoms. The summed E-state index contributed by atoms with van der Waals surface area (Å²) in [6.45, 7) is 2.62. The minimum absolute atomic E-state index is 0.0367. The van der Waals surface area contributed by atoms with Gasteiger partial charge in [-0.25, -0.2) is 13.1 Å². The molecule has 1 saturated heterocycles. The predicted molar refractivity (Wildman–Crippen MR) is 108 cm³/mol. The van der Waals surface area contributed by atoms with Crippen LogP contribution in [0.25, 0.3) is 0 Å². The maximum atomic E-state index is 12.6. The number of nitrogens with zero attached hydrogens (tertiary/aromatic N) is 1. The van der Waals surface area contributed by atoms with E-state index < -0.39 is 15.9 Å². The van der Waals surface area contributed by atoms with Crippen molar-refractivity contribution in [1.82, 2.24) is 4.72 Å². The second-order valence-electron chi connectivity index (χ2n) is 6.54. The van der Waals surface area contributed by atoms with Crippen LogP contribution in [-0.4, -0.2) is 33.3 Å². The molecule has 0 atom stereocenters. The Morgan fingerprint density at radius 3 is 2.64 bits per heavy atom. The van der Waals surface area contributed by atoms with Gasteiger partial charge in [0.2, 0.25) is 15.9 Å². The monoisotopic (exact) mass is 401 g/mol. The normalized spacial score (nSPS) is 14.8. The van der Waals surface area contributed by atoms with E-state index in [0.29, 0.717) is 18.7 Å². The van der Waals surface area contributed by atoms with Gasteiger partial charge in [-0.05, 0) is 49.2 Å². The van der Waals surface area contributed by atoms with Crippen LogP contribution in [-0.2, 0) is 14.8 Å². The Hall–Kier alpha value is -2.71. The van der Waals surface area contributed by atoms with Crippen LogP contribution in [0.4, 0.5) is 11.4 Å². The minimum atomic E-state index is -3.64. The maximum Gasteiger partial charge on any atom is 0.255 e. The minimum Gasteiger partial charge on any atom is -0.322 e. The summed E-state index contributed by atoms with van der Waals surface area (Å²) in [4.78, 5) is 26.5. The van der Waals surface area contributed by atoms with E-state index in [1.165, 1.54) is 18.2 Å². The van der Waals surface area contributed by atoms with Gasteiger partial charge in [-0.1, -0.05) is 19.1 Å². The molecule has 148 valence electrons. The number of rotatable bonds is 6. The fourth-order valence-electron chi connectivity index (χ4n) is 3.11. The number of nitrogens with one attached hydrogen (secondary N) is 2. The second kappa shape index (κ2) is 8.53. The number of amides is 2. The molecule has 0 radical (unpaired) electrons. The van der Waals surface area contributed by atoms with Crippen molar-refractivity contribution in [2.45, 2.75) is 31.1 Å². The van der Waals surface area contributed by atoms with Crippen LogP contribution in [0.2, 0.25) is 0 Å². The van der Waals surface area contributed by atoms with Crippen molar-refractivity contribution in [3.05, 3.63) is 54.1 Å². The van der Waals surface area contributed by atoms with Gasteiger partial charge in [0.1, 0.15) is 0 Å². The molecule has 0 aromatic heterocycles. The molecule has 0 bridgehead atoms. The highest BCUT2D eigenvalue weighted by Gasteiger charge is 2.20. The largest absolute Gasteiger partial charge is 0.322 e. The van der Waals surface area contributed by atoms with Crippen LogP contribution in [0.15, 0.2) is 53.4 Å². The summed E-state index contributed by atoms with van der Waals surface area (Å²) in [7, 11) is -3.64. The average molecular weight is 401 g/mol. The van der Waals surface area contributed by atoms with Gasteiger partial charge in [0, 0.05) is 36.4 Å². The van der Waals surface area contributed by atoms with E-state index in [1.54, 1.807) is 36.1 Å². The second-order valence-corrected chi connectivity index (χ2v) is 8.30. The number of carbonyl (C=O) groups excluding carboxylic acids is 2. The molecule has 3 rings (SSSR count). The molecule has 2 amide bonds. The van der Waals surface area contributed by atoms with Gasteiger partial charge >= 0.3 is 0 Å². The molecule has 1 heterocycles. The van der Waals surface area contributed by atoms with Crippen LogP contribution in [0, 0.1) is 0 Å². The lowest BCUT2D eigenvalue weighted by Gasteiger charge is -2.27. The summed E-state index contributed by atoms with van der Waals surface area (Å²) >= 11 is 0. The van der Waals surface area contributed by atoms with E-state index in [1.807, 2.05) is 6.07 Å². The van der Waals surface area contributed by atoms with E-state index in [0.717, 1.165) is 18.5 Å². The van der Waals surface area contributed by atoms with Gasteiger partial charge in [-0.3, -0.25) is 9.59 Å². The molecule has 2 N–H and O–H groups in total. The average Bonchev–Trinajstić information content (AvgIpc) is 2.68. The molecule has 7 nitrogen and oxygen atoms in total. The van der Waals surface area contributed by atoms with Crippen molar-refractivity contribution in [2.75, 3.05) is 23.3 Å². The SMILES string of the molecule is CCNS(=O)(=O)c1cccc(C(=O)Nc2cccc(N3CCCCC3=O)c2)c1. The molecule has 0 saturated carbocycles. The summed E-state index contributed by atoms with van der Waals surface area (Å²) in [5.74, 6) is -0.341. The highest BCUT2D eigenvalue weighted by molar-refractivity contribution is 7.89. The number of hydrogen-bond acceptors (Lipinski definition) is 4. The third kappa shape index (κ3) is 4.58. The molecule has 2 aromatic carbocycles. The molecule has 28 heavy (non-hydrogen) atoms. The highest BCUT2D eigenvalue weighted by Crippen LogP contribution is 2.24. The summed E-state index contributed by atoms with van der Waals surface area (Å²) in [5, 5.41) is 2.77. The summed E-state index contributed by atoms with van der Waals surface area (Å²) < 4.78 is 26.7. The van der Waals surface area contributed by atoms with E-state index in [2.05, 4.69) is 10.0 Å². The standard InChI is InChI=1S/C20H23N3O4S/c1-2-21-28(26,27)18-10-5-7-15(13-18)20(25)22-16-8-6-9-17(14-16)23-12-4-3-11-19(23)24/h5-10,13-14,21H,2-4,11-12H2,1H3,(H,22,25). The van der Waals surface area contributed by atoms with E-state index >= 15 is 0 Å². The van der Waals surface area contributed by atoms with Gasteiger partial charge in [0.05, 0.1) is 4.90 Å². The third-order valence-electron chi connectivity index (χ3n) is 4.48. The lowest BCUT2D eigenvalue weighted by Crippen LogP contribution is -2.35. The number of piperidine rings is 1. The quantitative estimate of drug-likeness (QED) is 0.778. The van der Waals surface area contributed by atoms with Crippen molar-refractivity contribution >= 4 is 33.2 Å². The zero-order chi connectivity index (χ0) is 20.1. The van der Waals surface area contributed by atoms with Crippen LogP contribution in [0.1, 0.15) is 36.5 Å². The van der Waals surface area contributed by atoms with E-state index in [9.17, 15) is 18.0 Å². The first-order valence-electron chi connectivity index (χ1n) is 9.22. The fraction of sp³-hybridized carbons (Fsp3) is 0.300. The Balaban J connectivity index is 1.78. The number of carbonyl (C=O) groups is 2. The summed E-state index contributed by atoms with van der Waals surface area (Å²) in [6.07, 6.45) is 2.39. The van der Waals surface area contributed by atoms with Gasteiger partial charge in [-0.2, -0.15) is 0 Å². The van der Waals surface area contributed by atoms with Crippen molar-refractivity contribution in [3.8, 4) is 0 Å². The predicted octanol–water partition coefficient (Wildman–Crippen LogP) is 2.75. The van der Waals surface area contributed by atoms with Crippen molar-refractivity contribution in [1.29, 1.82) is 0 Å². The van der Waals surface area contributed by atoms with Crippen LogP contribution >= 0.6 is 0 Å². The third-order valence-corrected chi connectivity index (χ3v) is 6.02. The first-order chi connectivity index (χ1) is 13.4. The fourth-order valence-corrected chi connectivity index (χ4v) is 4.20. The number of benzene rings is 2. The van der Waals surface area contributed by atoms with Gasteiger partial charge in [0.25, 0.3) is 5.91 Å². The zero-order valence-corrected chi connectivity index (χ0v) is 16.5. The van der Waals surface area contributed by atoms with E-state index in [-0.39, 0.29) is 22.9 Å². The molecule has 0 unspecified atom stereocenters. The zero-order valence-electron chi connectivity index (χ0n) is 15.6. The van der Waals surface area contributed by atoms with Crippen molar-refractivity contribution in [3.63, 3.8) is 0 Å². The molecule has 1 aliphatic heterocycles. The Bertz CT molecular complexity index is 988. The first-order valence-corrected chi connectivity index (χ1v) is 10.7. The Kier molecular flexibility index (Phi) is 6.11. The number of anilines is 2. The van der Waals surface area contributed by atoms with Crippen LogP contribution in [0.3, 0.4) is 0 Å². The lowest BCUT2D eigenvalue weighted by molar-refractivity contribution is -0.119. The van der Waals surface area contributed by atoms with Gasteiger partial charge < -0.3 is 10.2 Å². The Labute approximate surface area is 164 Å². The highest BCUT2D eigenvalue weighted by atomic mass is 32.2. The first kappa shape index (κ1) is 20.0. The topological polar surface area (TPSA) is 95.6 Å². The molecular formula is C20H23N3O4S. The smallest absolute Gasteiger partial charge is 0.255 e. The van der Waals surface area contributed by atoms with Crippen molar-refractivity contribution in [2.24, 2.45) is 0 Å². The van der Waals surface area contributed by atoms with Crippen molar-refractivity contribution < 1.29 is 18.0 Å². The Morgan fingerprint density at radius 1 is 1.11 bits per heavy atom. The van der Waals surface area contributed by atoms with Crippen LogP contribution in [0.5, 0.6) is 0 Å². The molecule has 2 aromatic rings. The summed E-state index contributed by atoms with van der Waals surface area (Å²) in [6, 6.07) is 13.0. The Morgan fingerprint density at radius 2 is 1.89 bits per heavy atom. The van der Waals surface area contributed by atoms with E-state index in [4.69, 9.17) is 0 Å². The van der Waals surface area contributed by atoms with Gasteiger partial charge in [-0.15, -0.1) is 0 Å². The van der Waals surface area contributed by atoms with Gasteiger partial charge in [0.15, 0.2) is 0 Å². The number of sulfonamides is 1. The lowest BCUT2D eigenvalue weighted by atomic mass is 10.1.